The summed E-state index contributed by atoms with van der Waals surface area (Å²) in [6.07, 6.45) is 12.1. The molecule has 0 saturated carbocycles. The lowest BCUT2D eigenvalue weighted by molar-refractivity contribution is -0.335. The van der Waals surface area contributed by atoms with Gasteiger partial charge in [-0.15, -0.1) is 0 Å². The summed E-state index contributed by atoms with van der Waals surface area (Å²) in [5.41, 5.74) is 1.93. The molecule has 1 aromatic rings. The van der Waals surface area contributed by atoms with Gasteiger partial charge >= 0.3 is 5.97 Å². The van der Waals surface area contributed by atoms with Crippen molar-refractivity contribution in [3.63, 3.8) is 0 Å². The second-order valence-electron chi connectivity index (χ2n) is 16.2. The van der Waals surface area contributed by atoms with Crippen LogP contribution in [0.2, 0.25) is 0 Å². The van der Waals surface area contributed by atoms with Gasteiger partial charge in [-0.2, -0.15) is 0 Å². The zero-order chi connectivity index (χ0) is 39.0. The maximum atomic E-state index is 14.2. The number of esters is 1. The summed E-state index contributed by atoms with van der Waals surface area (Å²) in [7, 11) is -1.82. The molecule has 1 aromatic carbocycles. The SMILES string of the molecule is CC[C@H]1O[C@]2(CC[C@@H]1C)C[C@@H]1C[C@@H](C/C=C(\C)[C@H](OCCc3ccc(N(C)S(C)(=O)=O)cc3)[C@@H](C)/C=C/C=C3\CO[C@H]4[C@H](O)C(C)=C[C@@H](C(=O)O1)[C@]34O)O2. The minimum absolute atomic E-state index is 0.0291. The largest absolute Gasteiger partial charge is 0.462 e. The minimum atomic E-state index is -3.36. The summed E-state index contributed by atoms with van der Waals surface area (Å²) >= 11 is 0. The third-order valence-corrected chi connectivity index (χ3v) is 13.4. The lowest BCUT2D eigenvalue weighted by Crippen LogP contribution is -2.58. The number of carbonyl (C=O) groups excluding carboxylic acids is 1. The number of ether oxygens (including phenoxy) is 5. The van der Waals surface area contributed by atoms with E-state index in [-0.39, 0.29) is 30.8 Å². The van der Waals surface area contributed by atoms with Crippen molar-refractivity contribution in [1.29, 1.82) is 0 Å². The number of aliphatic hydroxyl groups excluding tert-OH is 1. The normalized spacial score (nSPS) is 40.1. The summed E-state index contributed by atoms with van der Waals surface area (Å²) in [6, 6.07) is 7.43. The van der Waals surface area contributed by atoms with Crippen LogP contribution in [-0.4, -0.2) is 99.1 Å². The van der Waals surface area contributed by atoms with Crippen LogP contribution in [-0.2, 0) is 44.9 Å². The van der Waals surface area contributed by atoms with E-state index in [1.54, 1.807) is 31.2 Å². The molecule has 11 nitrogen and oxygen atoms in total. The maximum absolute atomic E-state index is 14.2. The van der Waals surface area contributed by atoms with Gasteiger partial charge in [0.25, 0.3) is 0 Å². The van der Waals surface area contributed by atoms with Crippen LogP contribution in [0.5, 0.6) is 0 Å². The van der Waals surface area contributed by atoms with Crippen molar-refractivity contribution < 1.29 is 47.1 Å². The highest BCUT2D eigenvalue weighted by atomic mass is 32.2. The van der Waals surface area contributed by atoms with E-state index < -0.39 is 51.6 Å². The Bertz CT molecular complexity index is 1750. The number of rotatable bonds is 7. The van der Waals surface area contributed by atoms with Crippen molar-refractivity contribution in [2.75, 3.05) is 30.8 Å². The summed E-state index contributed by atoms with van der Waals surface area (Å²) in [5, 5.41) is 23.4. The standard InChI is InChI=1S/C42H59NO10S/c1-8-36-26(2)18-20-41(53-36)24-34-23-33(52-41)17-12-28(4)38(49-21-19-30-13-15-32(16-14-30)43(6)54(7,47)48)27(3)10-9-11-31-25-50-39-37(44)29(5)22-35(40(45)51-34)42(31,39)46/h9-16,22,26-27,33-39,44,46H,8,17-21,23-25H2,1-7H3/b10-9+,28-12+,31-11+/t26-,27-,33+,34-,35-,36+,37+,38+,39-,41+,42+/m0/s1. The molecule has 3 fully saturated rings. The van der Waals surface area contributed by atoms with Crippen molar-refractivity contribution in [2.45, 2.75) is 128 Å². The summed E-state index contributed by atoms with van der Waals surface area (Å²) in [4.78, 5) is 14.2. The topological polar surface area (TPSA) is 141 Å². The Balaban J connectivity index is 1.30. The number of hydrogen-bond donors (Lipinski definition) is 2. The molecule has 3 saturated heterocycles. The Morgan fingerprint density at radius 3 is 2.52 bits per heavy atom. The van der Waals surface area contributed by atoms with Crippen LogP contribution in [0.4, 0.5) is 5.69 Å². The molecular weight excluding hydrogens is 711 g/mol. The van der Waals surface area contributed by atoms with E-state index in [0.717, 1.165) is 24.0 Å². The van der Waals surface area contributed by atoms with Crippen molar-refractivity contribution in [3.05, 3.63) is 76.9 Å². The third-order valence-electron chi connectivity index (χ3n) is 12.2. The van der Waals surface area contributed by atoms with Crippen LogP contribution in [0.15, 0.2) is 71.4 Å². The molecule has 298 valence electrons. The van der Waals surface area contributed by atoms with E-state index in [0.29, 0.717) is 61.5 Å². The predicted octanol–water partition coefficient (Wildman–Crippen LogP) is 5.56. The molecule has 4 aliphatic heterocycles. The maximum Gasteiger partial charge on any atom is 0.316 e. The molecule has 2 N–H and O–H groups in total. The van der Waals surface area contributed by atoms with Gasteiger partial charge in [0, 0.05) is 32.2 Å². The van der Waals surface area contributed by atoms with Crippen LogP contribution in [0, 0.1) is 17.8 Å². The molecule has 4 heterocycles. The zero-order valence-electron chi connectivity index (χ0n) is 32.8. The molecule has 11 atom stereocenters. The molecule has 54 heavy (non-hydrogen) atoms. The Hall–Kier alpha value is -2.84. The lowest BCUT2D eigenvalue weighted by Gasteiger charge is -2.50. The van der Waals surface area contributed by atoms with Gasteiger partial charge in [0.15, 0.2) is 5.79 Å². The summed E-state index contributed by atoms with van der Waals surface area (Å²) in [6.45, 7) is 10.7. The van der Waals surface area contributed by atoms with E-state index in [9.17, 15) is 23.4 Å². The fourth-order valence-corrected chi connectivity index (χ4v) is 9.32. The molecule has 0 aromatic heterocycles. The first-order valence-corrected chi connectivity index (χ1v) is 21.3. The number of aliphatic hydroxyl groups is 2. The molecule has 6 rings (SSSR count). The predicted molar refractivity (Wildman–Crippen MR) is 206 cm³/mol. The van der Waals surface area contributed by atoms with Crippen LogP contribution in [0.3, 0.4) is 0 Å². The number of allylic oxidation sites excluding steroid dienone is 2. The molecule has 1 spiro atoms. The monoisotopic (exact) mass is 769 g/mol. The van der Waals surface area contributed by atoms with Crippen LogP contribution in [0.1, 0.15) is 78.7 Å². The Labute approximate surface area is 321 Å². The number of hydrogen-bond acceptors (Lipinski definition) is 10. The van der Waals surface area contributed by atoms with Crippen molar-refractivity contribution in [2.24, 2.45) is 17.8 Å². The molecule has 1 aliphatic carbocycles. The van der Waals surface area contributed by atoms with Crippen LogP contribution < -0.4 is 4.31 Å². The second kappa shape index (κ2) is 16.3. The van der Waals surface area contributed by atoms with Gasteiger partial charge in [-0.1, -0.05) is 63.3 Å². The molecular formula is C42H59NO10S. The molecule has 12 heteroatoms. The zero-order valence-corrected chi connectivity index (χ0v) is 33.6. The van der Waals surface area contributed by atoms with Gasteiger partial charge in [0.1, 0.15) is 29.8 Å². The number of sulfonamides is 1. The van der Waals surface area contributed by atoms with E-state index in [1.165, 1.54) is 17.6 Å². The molecule has 0 radical (unpaired) electrons. The summed E-state index contributed by atoms with van der Waals surface area (Å²) < 4.78 is 57.7. The highest BCUT2D eigenvalue weighted by Crippen LogP contribution is 2.47. The Morgan fingerprint density at radius 2 is 1.81 bits per heavy atom. The fraction of sp³-hybridized carbons (Fsp3) is 0.643. The van der Waals surface area contributed by atoms with E-state index >= 15 is 0 Å². The highest BCUT2D eigenvalue weighted by molar-refractivity contribution is 7.92. The van der Waals surface area contributed by atoms with Crippen LogP contribution in [0.25, 0.3) is 0 Å². The minimum Gasteiger partial charge on any atom is -0.462 e. The smallest absolute Gasteiger partial charge is 0.316 e. The Morgan fingerprint density at radius 1 is 1.07 bits per heavy atom. The van der Waals surface area contributed by atoms with Gasteiger partial charge in [-0.25, -0.2) is 8.42 Å². The first-order valence-electron chi connectivity index (χ1n) is 19.5. The molecule has 0 unspecified atom stereocenters. The molecule has 2 bridgehead atoms. The molecule has 5 aliphatic rings. The Kier molecular flexibility index (Phi) is 12.3. The first-order chi connectivity index (χ1) is 25.5. The van der Waals surface area contributed by atoms with E-state index in [4.69, 9.17) is 23.7 Å². The van der Waals surface area contributed by atoms with E-state index in [1.807, 2.05) is 24.3 Å². The summed E-state index contributed by atoms with van der Waals surface area (Å²) in [5.74, 6) is -2.20. The van der Waals surface area contributed by atoms with Crippen molar-refractivity contribution in [3.8, 4) is 0 Å². The van der Waals surface area contributed by atoms with Gasteiger partial charge in [-0.05, 0) is 79.9 Å². The highest BCUT2D eigenvalue weighted by Gasteiger charge is 2.60. The van der Waals surface area contributed by atoms with Crippen molar-refractivity contribution >= 4 is 21.7 Å². The number of benzene rings is 1. The van der Waals surface area contributed by atoms with Gasteiger partial charge < -0.3 is 33.9 Å². The van der Waals surface area contributed by atoms with Gasteiger partial charge in [-0.3, -0.25) is 9.10 Å². The number of nitrogens with zero attached hydrogens (tertiary/aromatic N) is 1. The van der Waals surface area contributed by atoms with Crippen LogP contribution >= 0.6 is 0 Å². The molecule has 0 amide bonds. The van der Waals surface area contributed by atoms with Crippen molar-refractivity contribution in [1.82, 2.24) is 0 Å². The first kappa shape index (κ1) is 40.8. The third kappa shape index (κ3) is 8.45. The fourth-order valence-electron chi connectivity index (χ4n) is 8.82. The van der Waals surface area contributed by atoms with E-state index in [2.05, 4.69) is 33.8 Å². The number of carbonyl (C=O) groups is 1. The average Bonchev–Trinajstić information content (AvgIpc) is 3.47. The van der Waals surface area contributed by atoms with Gasteiger partial charge in [0.2, 0.25) is 10.0 Å². The lowest BCUT2D eigenvalue weighted by atomic mass is 9.71. The number of anilines is 1. The average molecular weight is 770 g/mol. The van der Waals surface area contributed by atoms with Gasteiger partial charge in [0.05, 0.1) is 43.5 Å². The second-order valence-corrected chi connectivity index (χ2v) is 18.2. The quantitative estimate of drug-likeness (QED) is 0.268. The number of fused-ring (bicyclic) bond motifs is 2.